The van der Waals surface area contributed by atoms with Gasteiger partial charge in [0.1, 0.15) is 11.4 Å². The molecule has 0 radical (unpaired) electrons. The fourth-order valence-corrected chi connectivity index (χ4v) is 4.23. The molecule has 1 aromatic carbocycles. The lowest BCUT2D eigenvalue weighted by molar-refractivity contribution is -0.148. The van der Waals surface area contributed by atoms with E-state index in [0.29, 0.717) is 36.0 Å². The van der Waals surface area contributed by atoms with Gasteiger partial charge in [0, 0.05) is 30.4 Å². The van der Waals surface area contributed by atoms with Gasteiger partial charge in [-0.1, -0.05) is 49.6 Å². The predicted octanol–water partition coefficient (Wildman–Crippen LogP) is 2.68. The van der Waals surface area contributed by atoms with E-state index >= 15 is 0 Å². The third-order valence-electron chi connectivity index (χ3n) is 6.06. The third-order valence-corrected chi connectivity index (χ3v) is 6.06. The van der Waals surface area contributed by atoms with Crippen molar-refractivity contribution in [3.63, 3.8) is 0 Å². The Morgan fingerprint density at radius 2 is 1.97 bits per heavy atom. The van der Waals surface area contributed by atoms with E-state index in [1.165, 1.54) is 10.6 Å². The summed E-state index contributed by atoms with van der Waals surface area (Å²) >= 11 is 0. The number of anilines is 1. The van der Waals surface area contributed by atoms with E-state index in [-0.39, 0.29) is 18.1 Å². The minimum Gasteiger partial charge on any atom is -0.359 e. The lowest BCUT2D eigenvalue weighted by Crippen LogP contribution is -2.47. The zero-order valence-electron chi connectivity index (χ0n) is 18.3. The van der Waals surface area contributed by atoms with Crippen molar-refractivity contribution < 1.29 is 9.53 Å². The van der Waals surface area contributed by atoms with Gasteiger partial charge in [0.2, 0.25) is 5.78 Å². The van der Waals surface area contributed by atoms with Crippen LogP contribution in [0.5, 0.6) is 0 Å². The summed E-state index contributed by atoms with van der Waals surface area (Å²) in [4.78, 5) is 33.5. The Bertz CT molecular complexity index is 1330. The predicted molar refractivity (Wildman–Crippen MR) is 121 cm³/mol. The molecule has 1 aliphatic rings. The van der Waals surface area contributed by atoms with Gasteiger partial charge in [-0.2, -0.15) is 14.6 Å². The van der Waals surface area contributed by atoms with Gasteiger partial charge in [-0.15, -0.1) is 5.10 Å². The molecule has 1 fully saturated rings. The van der Waals surface area contributed by atoms with Crippen molar-refractivity contribution in [2.75, 3.05) is 5.32 Å². The van der Waals surface area contributed by atoms with Crippen molar-refractivity contribution in [1.82, 2.24) is 29.4 Å². The highest BCUT2D eigenvalue weighted by Crippen LogP contribution is 2.33. The number of fused-ring (bicyclic) bond motifs is 1. The molecule has 2 N–H and O–H groups in total. The zero-order chi connectivity index (χ0) is 22.8. The summed E-state index contributed by atoms with van der Waals surface area (Å²) in [5.41, 5.74) is 0.0839. The first-order valence-electron chi connectivity index (χ1n) is 11.0. The second-order valence-corrected chi connectivity index (χ2v) is 8.31. The maximum Gasteiger partial charge on any atom is 0.275 e. The Balaban J connectivity index is 1.39. The van der Waals surface area contributed by atoms with Crippen LogP contribution in [0.1, 0.15) is 37.8 Å². The van der Waals surface area contributed by atoms with E-state index in [2.05, 4.69) is 25.5 Å². The van der Waals surface area contributed by atoms with Gasteiger partial charge in [-0.05, 0) is 12.8 Å². The summed E-state index contributed by atoms with van der Waals surface area (Å²) < 4.78 is 9.07. The molecule has 3 heterocycles. The Morgan fingerprint density at radius 1 is 1.18 bits per heavy atom. The molecule has 0 bridgehead atoms. The molecule has 170 valence electrons. The van der Waals surface area contributed by atoms with Crippen molar-refractivity contribution in [1.29, 1.82) is 0 Å². The van der Waals surface area contributed by atoms with E-state index in [0.717, 1.165) is 24.8 Å². The summed E-state index contributed by atoms with van der Waals surface area (Å²) in [6, 6.07) is 12.6. The number of nitrogens with one attached hydrogen (secondary N) is 2. The molecule has 0 saturated heterocycles. The van der Waals surface area contributed by atoms with Gasteiger partial charge in [-0.25, -0.2) is 0 Å². The van der Waals surface area contributed by atoms with Crippen molar-refractivity contribution in [3.8, 4) is 11.4 Å². The summed E-state index contributed by atoms with van der Waals surface area (Å²) in [7, 11) is 1.77. The fourth-order valence-electron chi connectivity index (χ4n) is 4.23. The minimum absolute atomic E-state index is 0.0814. The van der Waals surface area contributed by atoms with Gasteiger partial charge in [-0.3, -0.25) is 14.3 Å². The number of H-pyrrole nitrogens is 1. The van der Waals surface area contributed by atoms with Gasteiger partial charge in [0.15, 0.2) is 5.82 Å². The van der Waals surface area contributed by atoms with Crippen LogP contribution in [0.2, 0.25) is 0 Å². The van der Waals surface area contributed by atoms with Crippen molar-refractivity contribution >= 4 is 17.5 Å². The van der Waals surface area contributed by atoms with Crippen LogP contribution in [0.3, 0.4) is 0 Å². The number of rotatable bonds is 6. The van der Waals surface area contributed by atoms with E-state index in [1.54, 1.807) is 24.0 Å². The molecule has 33 heavy (non-hydrogen) atoms. The fraction of sp³-hybridized carbons (Fsp3) is 0.348. The maximum atomic E-state index is 13.2. The van der Waals surface area contributed by atoms with E-state index in [1.807, 2.05) is 30.3 Å². The molecular weight excluding hydrogens is 422 g/mol. The zero-order valence-corrected chi connectivity index (χ0v) is 18.3. The number of hydrogen-bond acceptors (Lipinski definition) is 6. The molecule has 1 aliphatic carbocycles. The van der Waals surface area contributed by atoms with Crippen LogP contribution in [0.4, 0.5) is 5.82 Å². The molecule has 0 unspecified atom stereocenters. The second kappa shape index (κ2) is 8.62. The Labute approximate surface area is 189 Å². The van der Waals surface area contributed by atoms with Crippen LogP contribution < -0.4 is 10.9 Å². The standard InChI is InChI=1S/C23H25N7O3/c1-29-18(10-13-24-29)26-21(32)23(11-6-3-7-12-23)33-15-17-14-19(31)30-22(25-17)27-20(28-30)16-8-4-2-5-9-16/h2,4-5,8-10,13-14H,3,6-7,11-12,15H2,1H3,(H,26,32)(H,25,27,28). The number of aryl methyl sites for hydroxylation is 1. The molecule has 0 spiro atoms. The molecule has 3 aromatic heterocycles. The molecule has 4 aromatic rings. The molecule has 10 nitrogen and oxygen atoms in total. The SMILES string of the molecule is Cn1nccc1NC(=O)C1(OCc2cc(=O)n3nc(-c4ccccc4)nc3[nH]2)CCCCC1. The largest absolute Gasteiger partial charge is 0.359 e. The summed E-state index contributed by atoms with van der Waals surface area (Å²) in [6.45, 7) is 0.0814. The monoisotopic (exact) mass is 447 g/mol. The highest BCUT2D eigenvalue weighted by atomic mass is 16.5. The molecule has 5 rings (SSSR count). The average Bonchev–Trinajstić information content (AvgIpc) is 3.45. The molecule has 10 heteroatoms. The Morgan fingerprint density at radius 3 is 2.70 bits per heavy atom. The molecule has 1 amide bonds. The molecular formula is C23H25N7O3. The number of nitrogens with zero attached hydrogens (tertiary/aromatic N) is 5. The summed E-state index contributed by atoms with van der Waals surface area (Å²) in [5.74, 6) is 1.21. The lowest BCUT2D eigenvalue weighted by Gasteiger charge is -2.35. The Kier molecular flexibility index (Phi) is 5.51. The minimum atomic E-state index is -0.964. The van der Waals surface area contributed by atoms with Gasteiger partial charge >= 0.3 is 0 Å². The normalized spacial score (nSPS) is 15.5. The van der Waals surface area contributed by atoms with Crippen LogP contribution in [0.25, 0.3) is 17.2 Å². The quantitative estimate of drug-likeness (QED) is 0.469. The molecule has 0 aliphatic heterocycles. The number of carbonyl (C=O) groups is 1. The summed E-state index contributed by atoms with van der Waals surface area (Å²) in [5, 5.41) is 11.4. The van der Waals surface area contributed by atoms with Crippen LogP contribution in [0.15, 0.2) is 53.5 Å². The number of carbonyl (C=O) groups excluding carboxylic acids is 1. The highest BCUT2D eigenvalue weighted by molar-refractivity contribution is 5.96. The first-order chi connectivity index (χ1) is 16.0. The van der Waals surface area contributed by atoms with E-state index in [4.69, 9.17) is 4.74 Å². The van der Waals surface area contributed by atoms with Crippen molar-refractivity contribution in [2.24, 2.45) is 7.05 Å². The number of aromatic nitrogens is 6. The molecule has 0 atom stereocenters. The molecule has 1 saturated carbocycles. The van der Waals surface area contributed by atoms with Crippen LogP contribution >= 0.6 is 0 Å². The number of benzene rings is 1. The number of aromatic amines is 1. The van der Waals surface area contributed by atoms with Gasteiger partial charge in [0.05, 0.1) is 12.8 Å². The van der Waals surface area contributed by atoms with Gasteiger partial charge in [0.25, 0.3) is 11.5 Å². The second-order valence-electron chi connectivity index (χ2n) is 8.31. The van der Waals surface area contributed by atoms with E-state index < -0.39 is 5.60 Å². The lowest BCUT2D eigenvalue weighted by atomic mass is 9.83. The van der Waals surface area contributed by atoms with Crippen LogP contribution in [0, 0.1) is 0 Å². The number of amides is 1. The first kappa shape index (κ1) is 21.1. The average molecular weight is 447 g/mol. The topological polar surface area (TPSA) is 119 Å². The van der Waals surface area contributed by atoms with E-state index in [9.17, 15) is 9.59 Å². The maximum absolute atomic E-state index is 13.2. The van der Waals surface area contributed by atoms with Gasteiger partial charge < -0.3 is 15.0 Å². The number of hydrogen-bond donors (Lipinski definition) is 2. The van der Waals surface area contributed by atoms with Crippen LogP contribution in [-0.4, -0.2) is 40.9 Å². The highest BCUT2D eigenvalue weighted by Gasteiger charge is 2.41. The summed E-state index contributed by atoms with van der Waals surface area (Å²) in [6.07, 6.45) is 5.73. The van der Waals surface area contributed by atoms with Crippen molar-refractivity contribution in [3.05, 3.63) is 64.7 Å². The first-order valence-corrected chi connectivity index (χ1v) is 11.0. The van der Waals surface area contributed by atoms with Crippen molar-refractivity contribution in [2.45, 2.75) is 44.3 Å². The van der Waals surface area contributed by atoms with Crippen LogP contribution in [-0.2, 0) is 23.2 Å². The third kappa shape index (κ3) is 4.17. The Hall–Kier alpha value is -3.79. The smallest absolute Gasteiger partial charge is 0.275 e. The number of ether oxygens (including phenoxy) is 1.